The molecule has 16 heteroatoms. The number of nitrogens with zero attached hydrogens (tertiary/aromatic N) is 7. The highest BCUT2D eigenvalue weighted by Gasteiger charge is 2.30. The van der Waals surface area contributed by atoms with Gasteiger partial charge in [0.2, 0.25) is 12.3 Å². The van der Waals surface area contributed by atoms with Gasteiger partial charge in [-0.3, -0.25) is 14.5 Å². The van der Waals surface area contributed by atoms with E-state index < -0.39 is 0 Å². The summed E-state index contributed by atoms with van der Waals surface area (Å²) in [4.78, 5) is 47.6. The predicted molar refractivity (Wildman–Crippen MR) is 248 cm³/mol. The summed E-state index contributed by atoms with van der Waals surface area (Å²) in [6, 6.07) is 18.1. The first-order valence-corrected chi connectivity index (χ1v) is 23.1. The Balaban J connectivity index is 0.817. The van der Waals surface area contributed by atoms with Gasteiger partial charge >= 0.3 is 6.01 Å². The molecular weight excluding hydrogens is 833 g/mol. The largest absolute Gasteiger partial charge is 0.508 e. The Kier molecular flexibility index (Phi) is 14.9. The van der Waals surface area contributed by atoms with Crippen LogP contribution in [0, 0.1) is 6.92 Å². The van der Waals surface area contributed by atoms with Gasteiger partial charge < -0.3 is 44.1 Å². The summed E-state index contributed by atoms with van der Waals surface area (Å²) in [6.45, 7) is 16.2. The molecule has 0 radical (unpaired) electrons. The highest BCUT2D eigenvalue weighted by Crippen LogP contribution is 2.37. The molecule has 0 unspecified atom stereocenters. The number of piperazine rings is 1. The number of aryl methyl sites for hydroxylation is 1. The fraction of sp³-hybridized carbons (Fsp3) is 0.438. The number of aromatic hydroxyl groups is 1. The van der Waals surface area contributed by atoms with E-state index in [2.05, 4.69) is 44.6 Å². The molecule has 3 aromatic carbocycles. The van der Waals surface area contributed by atoms with Crippen LogP contribution in [0.25, 0.3) is 21.2 Å². The highest BCUT2D eigenvalue weighted by molar-refractivity contribution is 7.13. The zero-order valence-electron chi connectivity index (χ0n) is 36.7. The van der Waals surface area contributed by atoms with Crippen molar-refractivity contribution in [1.29, 1.82) is 0 Å². The van der Waals surface area contributed by atoms with Crippen LogP contribution in [-0.2, 0) is 38.6 Å². The highest BCUT2D eigenvalue weighted by atomic mass is 32.1. The van der Waals surface area contributed by atoms with Crippen molar-refractivity contribution in [1.82, 2.24) is 30.1 Å². The molecule has 0 aliphatic carbocycles. The Labute approximate surface area is 378 Å². The lowest BCUT2D eigenvalue weighted by Gasteiger charge is -2.38. The Morgan fingerprint density at radius 1 is 0.984 bits per heavy atom. The molecule has 0 bridgehead atoms. The summed E-state index contributed by atoms with van der Waals surface area (Å²) in [7, 11) is 0. The maximum absolute atomic E-state index is 12.4. The van der Waals surface area contributed by atoms with Crippen molar-refractivity contribution in [2.24, 2.45) is 0 Å². The lowest BCUT2D eigenvalue weighted by molar-refractivity contribution is -0.126. The Bertz CT molecular complexity index is 2400. The van der Waals surface area contributed by atoms with E-state index in [0.29, 0.717) is 83.9 Å². The number of phenolic OH excluding ortho intramolecular Hbond substituents is 1. The quantitative estimate of drug-likeness (QED) is 0.0588. The van der Waals surface area contributed by atoms with E-state index in [-0.39, 0.29) is 23.9 Å². The van der Waals surface area contributed by atoms with Crippen molar-refractivity contribution in [2.75, 3.05) is 88.6 Å². The first-order chi connectivity index (χ1) is 31.3. The molecular formula is C48H58N8O7S. The van der Waals surface area contributed by atoms with Crippen LogP contribution in [0.5, 0.6) is 17.5 Å². The number of hydrogen-bond donors (Lipinski definition) is 2. The second-order valence-corrected chi connectivity index (χ2v) is 17.3. The number of phenols is 1. The van der Waals surface area contributed by atoms with E-state index in [4.69, 9.17) is 28.9 Å². The molecule has 2 amide bonds. The molecule has 64 heavy (non-hydrogen) atoms. The minimum Gasteiger partial charge on any atom is -0.508 e. The van der Waals surface area contributed by atoms with Crippen molar-refractivity contribution in [2.45, 2.75) is 58.4 Å². The van der Waals surface area contributed by atoms with Crippen molar-refractivity contribution >= 4 is 45.9 Å². The van der Waals surface area contributed by atoms with Crippen LogP contribution in [0.15, 0.2) is 72.8 Å². The summed E-state index contributed by atoms with van der Waals surface area (Å²) in [6.07, 6.45) is 4.64. The fourth-order valence-corrected chi connectivity index (χ4v) is 9.65. The number of ether oxygens (including phenoxy) is 4. The Morgan fingerprint density at radius 2 is 1.80 bits per heavy atom. The third kappa shape index (κ3) is 10.9. The number of nitrogens with one attached hydrogen (secondary N) is 1. The zero-order chi connectivity index (χ0) is 44.4. The molecule has 8 rings (SSSR count). The average Bonchev–Trinajstić information content (AvgIpc) is 3.75. The number of carbonyl (C=O) groups is 2. The monoisotopic (exact) mass is 890 g/mol. The molecule has 3 aliphatic rings. The molecule has 2 fully saturated rings. The average molecular weight is 891 g/mol. The SMILES string of the molecule is C=CC(=O)N1CCN(c2nc(O[C@H](C)CN3CCC(OCCOCCOc4cc(-c5scnc5C)ccc4CNC=O)CC3)nc3c2CCN(c2cc(O)cc4ccccc24)C3)CC1. The second kappa shape index (κ2) is 21.2. The maximum Gasteiger partial charge on any atom is 0.318 e. The van der Waals surface area contributed by atoms with Crippen LogP contribution in [0.3, 0.4) is 0 Å². The number of hydrogen-bond acceptors (Lipinski definition) is 14. The number of likely N-dealkylation sites (tertiary alicyclic amines) is 1. The van der Waals surface area contributed by atoms with Crippen LogP contribution < -0.4 is 24.6 Å². The molecule has 0 saturated carbocycles. The first-order valence-electron chi connectivity index (χ1n) is 22.2. The molecule has 5 aromatic rings. The number of fused-ring (bicyclic) bond motifs is 2. The number of carbonyl (C=O) groups excluding carboxylic acids is 2. The Hall–Kier alpha value is -5.81. The number of amides is 2. The summed E-state index contributed by atoms with van der Waals surface area (Å²) >= 11 is 1.59. The minimum atomic E-state index is -0.160. The van der Waals surface area contributed by atoms with Gasteiger partial charge in [0.05, 0.1) is 54.2 Å². The van der Waals surface area contributed by atoms with Crippen LogP contribution in [-0.4, -0.2) is 133 Å². The van der Waals surface area contributed by atoms with Crippen molar-refractivity contribution in [3.8, 4) is 28.0 Å². The van der Waals surface area contributed by atoms with E-state index in [9.17, 15) is 14.7 Å². The number of thiazole rings is 1. The molecule has 2 N–H and O–H groups in total. The molecule has 2 aromatic heterocycles. The van der Waals surface area contributed by atoms with E-state index in [0.717, 1.165) is 101 Å². The summed E-state index contributed by atoms with van der Waals surface area (Å²) in [5.41, 5.74) is 7.72. The molecule has 338 valence electrons. The van der Waals surface area contributed by atoms with Crippen LogP contribution in [0.2, 0.25) is 0 Å². The maximum atomic E-state index is 12.4. The van der Waals surface area contributed by atoms with Gasteiger partial charge in [-0.05, 0) is 62.3 Å². The third-order valence-electron chi connectivity index (χ3n) is 12.1. The predicted octanol–water partition coefficient (Wildman–Crippen LogP) is 5.75. The molecule has 1 atom stereocenters. The topological polar surface area (TPSA) is 155 Å². The standard InChI is InChI=1S/C48H58N8O7S/c1-4-45(59)54-17-19-55(20-18-54)47-41-13-16-56(43-27-38(58)25-35-7-5-6-8-40(35)43)30-42(41)51-48(52-47)63-33(2)29-53-14-11-39(12-15-53)61-23-21-60-22-24-62-44-26-36(46-34(3)50-32-64-46)9-10-37(44)28-49-31-57/h4-10,25-27,31-33,39,58H,1,11-24,28-30H2,2-3H3,(H,49,57)/t33-/m1/s1. The minimum absolute atomic E-state index is 0.0548. The number of piperidine rings is 1. The van der Waals surface area contributed by atoms with Gasteiger partial charge in [0.15, 0.2) is 0 Å². The Morgan fingerprint density at radius 3 is 2.58 bits per heavy atom. The first kappa shape index (κ1) is 44.8. The van der Waals surface area contributed by atoms with Crippen molar-refractivity contribution < 1.29 is 33.6 Å². The summed E-state index contributed by atoms with van der Waals surface area (Å²) < 4.78 is 24.7. The van der Waals surface area contributed by atoms with Crippen LogP contribution in [0.1, 0.15) is 42.3 Å². The number of aromatic nitrogens is 3. The van der Waals surface area contributed by atoms with Gasteiger partial charge in [-0.2, -0.15) is 9.97 Å². The lowest BCUT2D eigenvalue weighted by atomic mass is 10.0. The zero-order valence-corrected chi connectivity index (χ0v) is 37.6. The van der Waals surface area contributed by atoms with Crippen molar-refractivity contribution in [3.05, 3.63) is 95.3 Å². The second-order valence-electron chi connectivity index (χ2n) is 16.5. The van der Waals surface area contributed by atoms with Gasteiger partial charge in [-0.15, -0.1) is 11.3 Å². The van der Waals surface area contributed by atoms with Gasteiger partial charge in [-0.25, -0.2) is 4.98 Å². The van der Waals surface area contributed by atoms with Gasteiger partial charge in [0.1, 0.15) is 30.0 Å². The normalized spacial score (nSPS) is 16.4. The molecule has 0 spiro atoms. The third-order valence-corrected chi connectivity index (χ3v) is 13.1. The summed E-state index contributed by atoms with van der Waals surface area (Å²) in [5.74, 6) is 1.77. The lowest BCUT2D eigenvalue weighted by Crippen LogP contribution is -2.49. The van der Waals surface area contributed by atoms with Crippen LogP contribution in [0.4, 0.5) is 11.5 Å². The molecule has 15 nitrogen and oxygen atoms in total. The van der Waals surface area contributed by atoms with Crippen LogP contribution >= 0.6 is 11.3 Å². The number of anilines is 2. The number of rotatable bonds is 19. The van der Waals surface area contributed by atoms with Gasteiger partial charge in [0.25, 0.3) is 0 Å². The van der Waals surface area contributed by atoms with Gasteiger partial charge in [0, 0.05) is 87.2 Å². The number of benzene rings is 3. The molecule has 2 saturated heterocycles. The molecule has 5 heterocycles. The van der Waals surface area contributed by atoms with Gasteiger partial charge in [-0.1, -0.05) is 43.0 Å². The van der Waals surface area contributed by atoms with E-state index in [1.54, 1.807) is 17.4 Å². The molecule has 3 aliphatic heterocycles. The van der Waals surface area contributed by atoms with E-state index >= 15 is 0 Å². The fourth-order valence-electron chi connectivity index (χ4n) is 8.85. The smallest absolute Gasteiger partial charge is 0.318 e. The summed E-state index contributed by atoms with van der Waals surface area (Å²) in [5, 5.41) is 15.4. The van der Waals surface area contributed by atoms with Crippen molar-refractivity contribution in [3.63, 3.8) is 0 Å². The van der Waals surface area contributed by atoms with E-state index in [1.165, 1.54) is 6.08 Å². The van der Waals surface area contributed by atoms with E-state index in [1.807, 2.05) is 59.8 Å².